The lowest BCUT2D eigenvalue weighted by atomic mass is 10.1. The van der Waals surface area contributed by atoms with E-state index in [0.717, 1.165) is 0 Å². The van der Waals surface area contributed by atoms with E-state index in [1.54, 1.807) is 18.4 Å². The number of carbonyl (C=O) groups excluding carboxylic acids is 2. The third-order valence-electron chi connectivity index (χ3n) is 2.56. The minimum Gasteiger partial charge on any atom is -0.480 e. The van der Waals surface area contributed by atoms with Crippen molar-refractivity contribution in [2.45, 2.75) is 31.8 Å². The number of hydrogen-bond donors (Lipinski definition) is 4. The Balaban J connectivity index is 2.33. The van der Waals surface area contributed by atoms with Gasteiger partial charge in [0.2, 0.25) is 11.8 Å². The van der Waals surface area contributed by atoms with E-state index in [1.165, 1.54) is 11.3 Å². The summed E-state index contributed by atoms with van der Waals surface area (Å²) in [6.45, 7) is 1.55. The molecule has 0 unspecified atom stereocenters. The number of hydrogen-bond acceptors (Lipinski definition) is 5. The fourth-order valence-corrected chi connectivity index (χ4v) is 1.96. The molecular formula is C12H17N3O4S. The number of thiophene rings is 1. The van der Waals surface area contributed by atoms with Gasteiger partial charge in [-0.05, 0) is 24.8 Å². The summed E-state index contributed by atoms with van der Waals surface area (Å²) in [7, 11) is 0. The lowest BCUT2D eigenvalue weighted by Crippen LogP contribution is -2.42. The molecule has 1 aromatic heterocycles. The summed E-state index contributed by atoms with van der Waals surface area (Å²) in [6.07, 6.45) is -0.0103. The smallest absolute Gasteiger partial charge is 0.320 e. The van der Waals surface area contributed by atoms with Crippen molar-refractivity contribution in [3.8, 4) is 0 Å². The second-order valence-corrected chi connectivity index (χ2v) is 5.05. The average Bonchev–Trinajstić information content (AvgIpc) is 2.88. The van der Waals surface area contributed by atoms with Crippen LogP contribution in [0.1, 0.15) is 19.8 Å². The van der Waals surface area contributed by atoms with Crippen LogP contribution in [0, 0.1) is 0 Å². The number of nitrogens with one attached hydrogen (secondary N) is 2. The molecule has 0 radical (unpaired) electrons. The molecule has 0 saturated heterocycles. The quantitative estimate of drug-likeness (QED) is 0.580. The lowest BCUT2D eigenvalue weighted by Gasteiger charge is -2.14. The Morgan fingerprint density at radius 2 is 2.15 bits per heavy atom. The summed E-state index contributed by atoms with van der Waals surface area (Å²) in [5.41, 5.74) is 5.96. The van der Waals surface area contributed by atoms with Crippen molar-refractivity contribution in [1.29, 1.82) is 0 Å². The van der Waals surface area contributed by atoms with Crippen molar-refractivity contribution in [2.75, 3.05) is 5.32 Å². The Hall–Kier alpha value is -1.93. The third kappa shape index (κ3) is 5.37. The van der Waals surface area contributed by atoms with E-state index in [-0.39, 0.29) is 18.7 Å². The Morgan fingerprint density at radius 3 is 2.70 bits per heavy atom. The lowest BCUT2D eigenvalue weighted by molar-refractivity contribution is -0.138. The third-order valence-corrected chi connectivity index (χ3v) is 3.24. The van der Waals surface area contributed by atoms with Gasteiger partial charge < -0.3 is 21.5 Å². The maximum Gasteiger partial charge on any atom is 0.320 e. The summed E-state index contributed by atoms with van der Waals surface area (Å²) in [4.78, 5) is 33.8. The van der Waals surface area contributed by atoms with Gasteiger partial charge in [-0.2, -0.15) is 11.3 Å². The first-order valence-electron chi connectivity index (χ1n) is 6.01. The van der Waals surface area contributed by atoms with Crippen molar-refractivity contribution < 1.29 is 19.5 Å². The van der Waals surface area contributed by atoms with Crippen molar-refractivity contribution in [1.82, 2.24) is 5.32 Å². The topological polar surface area (TPSA) is 122 Å². The van der Waals surface area contributed by atoms with Crippen LogP contribution in [0.25, 0.3) is 0 Å². The molecule has 0 aliphatic carbocycles. The molecule has 0 aliphatic rings. The van der Waals surface area contributed by atoms with Gasteiger partial charge in [-0.3, -0.25) is 14.4 Å². The van der Waals surface area contributed by atoms with E-state index in [1.807, 2.05) is 5.38 Å². The molecule has 0 fully saturated rings. The van der Waals surface area contributed by atoms with Crippen molar-refractivity contribution in [3.63, 3.8) is 0 Å². The number of carboxylic acid groups (broad SMARTS) is 1. The molecule has 1 rings (SSSR count). The predicted molar refractivity (Wildman–Crippen MR) is 75.4 cm³/mol. The van der Waals surface area contributed by atoms with Gasteiger partial charge in [-0.25, -0.2) is 0 Å². The summed E-state index contributed by atoms with van der Waals surface area (Å²) < 4.78 is 0. The first-order valence-corrected chi connectivity index (χ1v) is 6.95. The van der Waals surface area contributed by atoms with Crippen LogP contribution in [0.4, 0.5) is 5.69 Å². The average molecular weight is 299 g/mol. The minimum atomic E-state index is -1.15. The van der Waals surface area contributed by atoms with Crippen molar-refractivity contribution >= 4 is 34.8 Å². The molecule has 8 heteroatoms. The van der Waals surface area contributed by atoms with E-state index in [0.29, 0.717) is 5.69 Å². The van der Waals surface area contributed by atoms with Gasteiger partial charge in [0.1, 0.15) is 12.1 Å². The van der Waals surface area contributed by atoms with E-state index in [2.05, 4.69) is 10.6 Å². The molecule has 1 aromatic rings. The van der Waals surface area contributed by atoms with Crippen LogP contribution in [-0.2, 0) is 14.4 Å². The number of carbonyl (C=O) groups is 3. The molecular weight excluding hydrogens is 282 g/mol. The number of aliphatic carboxylic acids is 1. The molecule has 0 bridgehead atoms. The summed E-state index contributed by atoms with van der Waals surface area (Å²) in [5.74, 6) is -1.89. The van der Waals surface area contributed by atoms with Crippen molar-refractivity contribution in [3.05, 3.63) is 16.8 Å². The zero-order valence-electron chi connectivity index (χ0n) is 11.0. The molecule has 0 aliphatic heterocycles. The van der Waals surface area contributed by atoms with Gasteiger partial charge in [-0.1, -0.05) is 0 Å². The van der Waals surface area contributed by atoms with Gasteiger partial charge >= 0.3 is 5.97 Å². The molecule has 0 aromatic carbocycles. The summed E-state index contributed by atoms with van der Waals surface area (Å²) in [6, 6.07) is -0.0256. The van der Waals surface area contributed by atoms with Crippen LogP contribution in [-0.4, -0.2) is 35.0 Å². The van der Waals surface area contributed by atoms with Gasteiger partial charge in [0.05, 0.1) is 5.69 Å². The van der Waals surface area contributed by atoms with Crippen molar-refractivity contribution in [2.24, 2.45) is 5.73 Å². The van der Waals surface area contributed by atoms with Crippen LogP contribution < -0.4 is 16.4 Å². The van der Waals surface area contributed by atoms with E-state index in [4.69, 9.17) is 10.8 Å². The highest BCUT2D eigenvalue weighted by molar-refractivity contribution is 7.08. The molecule has 1 heterocycles. The standard InChI is InChI=1S/C12H17N3O4S/c1-7(11(17)15-8-4-5-20-6-8)14-10(16)3-2-9(13)12(18)19/h4-7,9H,2-3,13H2,1H3,(H,14,16)(H,15,17)(H,18,19)/t7-,9+/m1/s1. The predicted octanol–water partition coefficient (Wildman–Crippen LogP) is 0.383. The van der Waals surface area contributed by atoms with Gasteiger partial charge in [-0.15, -0.1) is 0 Å². The number of carboxylic acids is 1. The van der Waals surface area contributed by atoms with Crippen LogP contribution in [0.2, 0.25) is 0 Å². The van der Waals surface area contributed by atoms with Gasteiger partial charge in [0.15, 0.2) is 0 Å². The molecule has 0 spiro atoms. The highest BCUT2D eigenvalue weighted by Gasteiger charge is 2.18. The SMILES string of the molecule is C[C@@H](NC(=O)CC[C@H](N)C(=O)O)C(=O)Nc1ccsc1. The van der Waals surface area contributed by atoms with Gasteiger partial charge in [0, 0.05) is 11.8 Å². The maximum absolute atomic E-state index is 11.8. The zero-order chi connectivity index (χ0) is 15.1. The van der Waals surface area contributed by atoms with E-state index in [9.17, 15) is 14.4 Å². The van der Waals surface area contributed by atoms with Crippen LogP contribution >= 0.6 is 11.3 Å². The zero-order valence-corrected chi connectivity index (χ0v) is 11.8. The van der Waals surface area contributed by atoms with Crippen LogP contribution in [0.3, 0.4) is 0 Å². The molecule has 5 N–H and O–H groups in total. The van der Waals surface area contributed by atoms with Gasteiger partial charge in [0.25, 0.3) is 0 Å². The first-order chi connectivity index (χ1) is 9.40. The Kier molecular flexibility index (Phi) is 6.13. The maximum atomic E-state index is 11.8. The highest BCUT2D eigenvalue weighted by Crippen LogP contribution is 2.11. The van der Waals surface area contributed by atoms with E-state index >= 15 is 0 Å². The Labute approximate surface area is 120 Å². The Bertz CT molecular complexity index is 475. The van der Waals surface area contributed by atoms with Crippen LogP contribution in [0.5, 0.6) is 0 Å². The molecule has 110 valence electrons. The van der Waals surface area contributed by atoms with Crippen LogP contribution in [0.15, 0.2) is 16.8 Å². The minimum absolute atomic E-state index is 0.0278. The first kappa shape index (κ1) is 16.1. The molecule has 2 atom stereocenters. The highest BCUT2D eigenvalue weighted by atomic mass is 32.1. The Morgan fingerprint density at radius 1 is 1.45 bits per heavy atom. The number of amides is 2. The normalized spacial score (nSPS) is 13.3. The number of anilines is 1. The summed E-state index contributed by atoms with van der Waals surface area (Å²) >= 11 is 1.45. The molecule has 20 heavy (non-hydrogen) atoms. The summed E-state index contributed by atoms with van der Waals surface area (Å²) in [5, 5.41) is 17.3. The fourth-order valence-electron chi connectivity index (χ4n) is 1.38. The number of nitrogens with two attached hydrogens (primary N) is 1. The largest absolute Gasteiger partial charge is 0.480 e. The molecule has 7 nitrogen and oxygen atoms in total. The second-order valence-electron chi connectivity index (χ2n) is 4.27. The second kappa shape index (κ2) is 7.61. The molecule has 2 amide bonds. The monoisotopic (exact) mass is 299 g/mol. The fraction of sp³-hybridized carbons (Fsp3) is 0.417. The number of rotatable bonds is 7. The molecule has 0 saturated carbocycles. The van der Waals surface area contributed by atoms with E-state index < -0.39 is 24.0 Å².